The molecule has 1 aromatic rings. The molecule has 1 heteroatoms. The topological polar surface area (TPSA) is 12.0 Å². The normalized spacial score (nSPS) is 16.2. The summed E-state index contributed by atoms with van der Waals surface area (Å²) in [4.78, 5) is 0. The highest BCUT2D eigenvalue weighted by molar-refractivity contribution is 5.61. The largest absolute Gasteiger partial charge is 0.316 e. The average molecular weight is 215 g/mol. The lowest BCUT2D eigenvalue weighted by atomic mass is 9.78. The van der Waals surface area contributed by atoms with Gasteiger partial charge in [-0.3, -0.25) is 0 Å². The van der Waals surface area contributed by atoms with Crippen molar-refractivity contribution in [1.29, 1.82) is 0 Å². The van der Waals surface area contributed by atoms with Crippen LogP contribution in [-0.2, 0) is 11.8 Å². The molecule has 1 unspecified atom stereocenters. The molecular formula is C15H21N. The zero-order valence-corrected chi connectivity index (χ0v) is 10.7. The second kappa shape index (κ2) is 4.06. The fourth-order valence-electron chi connectivity index (χ4n) is 2.26. The van der Waals surface area contributed by atoms with Crippen molar-refractivity contribution in [3.63, 3.8) is 0 Å². The fourth-order valence-corrected chi connectivity index (χ4v) is 2.26. The molecule has 1 aliphatic rings. The lowest BCUT2D eigenvalue weighted by molar-refractivity contribution is 0.383. The van der Waals surface area contributed by atoms with Gasteiger partial charge in [0.25, 0.3) is 0 Å². The molecule has 16 heavy (non-hydrogen) atoms. The van der Waals surface area contributed by atoms with Gasteiger partial charge in [-0.05, 0) is 37.1 Å². The summed E-state index contributed by atoms with van der Waals surface area (Å²) in [6.07, 6.45) is 5.57. The van der Waals surface area contributed by atoms with Crippen molar-refractivity contribution in [2.75, 3.05) is 7.05 Å². The van der Waals surface area contributed by atoms with E-state index in [0.717, 1.165) is 6.42 Å². The van der Waals surface area contributed by atoms with Crippen molar-refractivity contribution in [3.05, 3.63) is 41.0 Å². The SMILES string of the molecule is CNC(C)C(C)(C)c1ccc2c(c1)C=CC2. The summed E-state index contributed by atoms with van der Waals surface area (Å²) < 4.78 is 0. The van der Waals surface area contributed by atoms with Crippen molar-refractivity contribution in [1.82, 2.24) is 5.32 Å². The molecule has 1 aromatic carbocycles. The summed E-state index contributed by atoms with van der Waals surface area (Å²) >= 11 is 0. The first-order valence-corrected chi connectivity index (χ1v) is 6.03. The number of hydrogen-bond acceptors (Lipinski definition) is 1. The number of benzene rings is 1. The first kappa shape index (κ1) is 11.4. The van der Waals surface area contributed by atoms with Crippen molar-refractivity contribution in [3.8, 4) is 0 Å². The third-order valence-electron chi connectivity index (χ3n) is 4.04. The molecule has 0 spiro atoms. The molecule has 0 aromatic heterocycles. The molecule has 1 N–H and O–H groups in total. The van der Waals surface area contributed by atoms with E-state index in [4.69, 9.17) is 0 Å². The van der Waals surface area contributed by atoms with Crippen LogP contribution in [0.2, 0.25) is 0 Å². The molecule has 0 heterocycles. The summed E-state index contributed by atoms with van der Waals surface area (Å²) in [7, 11) is 2.03. The van der Waals surface area contributed by atoms with Crippen LogP contribution in [0.3, 0.4) is 0 Å². The van der Waals surface area contributed by atoms with Crippen LogP contribution in [0.15, 0.2) is 24.3 Å². The predicted octanol–water partition coefficient (Wildman–Crippen LogP) is 3.14. The van der Waals surface area contributed by atoms with E-state index >= 15 is 0 Å². The Bertz CT molecular complexity index is 415. The molecule has 2 rings (SSSR count). The van der Waals surface area contributed by atoms with Gasteiger partial charge in [0.15, 0.2) is 0 Å². The summed E-state index contributed by atoms with van der Waals surface area (Å²) in [5.74, 6) is 0. The minimum atomic E-state index is 0.167. The molecule has 0 amide bonds. The van der Waals surface area contributed by atoms with Crippen LogP contribution in [0.1, 0.15) is 37.5 Å². The van der Waals surface area contributed by atoms with Gasteiger partial charge in [0.1, 0.15) is 0 Å². The molecule has 0 saturated carbocycles. The molecule has 0 fully saturated rings. The molecule has 1 nitrogen and oxygen atoms in total. The maximum absolute atomic E-state index is 3.35. The minimum absolute atomic E-state index is 0.167. The third-order valence-corrected chi connectivity index (χ3v) is 4.04. The maximum Gasteiger partial charge on any atom is 0.0127 e. The van der Waals surface area contributed by atoms with Gasteiger partial charge in [0.05, 0.1) is 0 Å². The van der Waals surface area contributed by atoms with Gasteiger partial charge >= 0.3 is 0 Å². The van der Waals surface area contributed by atoms with Gasteiger partial charge in [-0.1, -0.05) is 44.2 Å². The van der Waals surface area contributed by atoms with E-state index in [-0.39, 0.29) is 5.41 Å². The van der Waals surface area contributed by atoms with Gasteiger partial charge in [0.2, 0.25) is 0 Å². The highest BCUT2D eigenvalue weighted by atomic mass is 14.9. The van der Waals surface area contributed by atoms with Crippen LogP contribution in [0.5, 0.6) is 0 Å². The van der Waals surface area contributed by atoms with Crippen LogP contribution >= 0.6 is 0 Å². The standard InChI is InChI=1S/C15H21N/c1-11(16-4)15(2,3)14-9-8-12-6-5-7-13(12)10-14/h5,7-11,16H,6H2,1-4H3. The second-order valence-electron chi connectivity index (χ2n) is 5.25. The quantitative estimate of drug-likeness (QED) is 0.816. The Balaban J connectivity index is 2.37. The number of likely N-dealkylation sites (N-methyl/N-ethyl adjacent to an activating group) is 1. The smallest absolute Gasteiger partial charge is 0.0127 e. The summed E-state index contributed by atoms with van der Waals surface area (Å²) in [6, 6.07) is 7.36. The van der Waals surface area contributed by atoms with Crippen molar-refractivity contribution in [2.45, 2.75) is 38.6 Å². The third kappa shape index (κ3) is 1.80. The fraction of sp³-hybridized carbons (Fsp3) is 0.467. The van der Waals surface area contributed by atoms with E-state index in [1.807, 2.05) is 7.05 Å². The number of allylic oxidation sites excluding steroid dienone is 1. The Kier molecular flexibility index (Phi) is 2.90. The summed E-state index contributed by atoms with van der Waals surface area (Å²) in [6.45, 7) is 6.84. The average Bonchev–Trinajstić information content (AvgIpc) is 2.74. The molecule has 0 aliphatic heterocycles. The van der Waals surface area contributed by atoms with Crippen molar-refractivity contribution >= 4 is 6.08 Å². The van der Waals surface area contributed by atoms with Gasteiger partial charge in [0, 0.05) is 11.5 Å². The Hall–Kier alpha value is -1.08. The molecule has 0 radical (unpaired) electrons. The Morgan fingerprint density at radius 3 is 2.75 bits per heavy atom. The van der Waals surface area contributed by atoms with Crippen molar-refractivity contribution < 1.29 is 0 Å². The highest BCUT2D eigenvalue weighted by Gasteiger charge is 2.27. The lowest BCUT2D eigenvalue weighted by Crippen LogP contribution is -2.40. The second-order valence-corrected chi connectivity index (χ2v) is 5.25. The van der Waals surface area contributed by atoms with Crippen molar-refractivity contribution in [2.24, 2.45) is 0 Å². The Labute approximate surface area is 98.6 Å². The Morgan fingerprint density at radius 1 is 1.31 bits per heavy atom. The maximum atomic E-state index is 3.35. The molecule has 0 saturated heterocycles. The van der Waals surface area contributed by atoms with Gasteiger partial charge in [-0.15, -0.1) is 0 Å². The van der Waals surface area contributed by atoms with Crippen LogP contribution < -0.4 is 5.32 Å². The van der Waals surface area contributed by atoms with E-state index in [9.17, 15) is 0 Å². The van der Waals surface area contributed by atoms with Crippen LogP contribution in [-0.4, -0.2) is 13.1 Å². The lowest BCUT2D eigenvalue weighted by Gasteiger charge is -2.32. The van der Waals surface area contributed by atoms with Gasteiger partial charge in [-0.2, -0.15) is 0 Å². The zero-order chi connectivity index (χ0) is 11.8. The van der Waals surface area contributed by atoms with E-state index in [1.165, 1.54) is 16.7 Å². The molecule has 1 atom stereocenters. The molecule has 1 aliphatic carbocycles. The highest BCUT2D eigenvalue weighted by Crippen LogP contribution is 2.30. The van der Waals surface area contributed by atoms with E-state index in [1.54, 1.807) is 0 Å². The molecule has 86 valence electrons. The van der Waals surface area contributed by atoms with E-state index in [2.05, 4.69) is 56.4 Å². The number of hydrogen-bond donors (Lipinski definition) is 1. The number of rotatable bonds is 3. The molecular weight excluding hydrogens is 194 g/mol. The van der Waals surface area contributed by atoms with Crippen LogP contribution in [0, 0.1) is 0 Å². The first-order chi connectivity index (χ1) is 7.55. The van der Waals surface area contributed by atoms with Gasteiger partial charge in [-0.25, -0.2) is 0 Å². The van der Waals surface area contributed by atoms with E-state index < -0.39 is 0 Å². The zero-order valence-electron chi connectivity index (χ0n) is 10.7. The molecule has 0 bridgehead atoms. The van der Waals surface area contributed by atoms with Gasteiger partial charge < -0.3 is 5.32 Å². The number of fused-ring (bicyclic) bond motifs is 1. The Morgan fingerprint density at radius 2 is 2.06 bits per heavy atom. The monoisotopic (exact) mass is 215 g/mol. The predicted molar refractivity (Wildman–Crippen MR) is 70.7 cm³/mol. The summed E-state index contributed by atoms with van der Waals surface area (Å²) in [5.41, 5.74) is 4.44. The minimum Gasteiger partial charge on any atom is -0.316 e. The van der Waals surface area contributed by atoms with Crippen LogP contribution in [0.25, 0.3) is 6.08 Å². The summed E-state index contributed by atoms with van der Waals surface area (Å²) in [5, 5.41) is 3.35. The first-order valence-electron chi connectivity index (χ1n) is 6.03. The number of nitrogens with one attached hydrogen (secondary N) is 1. The van der Waals surface area contributed by atoms with E-state index in [0.29, 0.717) is 6.04 Å². The van der Waals surface area contributed by atoms with Crippen LogP contribution in [0.4, 0.5) is 0 Å².